The van der Waals surface area contributed by atoms with Crippen LogP contribution in [0.3, 0.4) is 0 Å². The zero-order valence-electron chi connectivity index (χ0n) is 7.45. The number of nitrogens with zero attached hydrogens (tertiary/aromatic N) is 3. The fourth-order valence-electron chi connectivity index (χ4n) is 0.829. The first-order valence-electron chi connectivity index (χ1n) is 3.73. The van der Waals surface area contributed by atoms with Crippen molar-refractivity contribution in [3.8, 4) is 0 Å². The van der Waals surface area contributed by atoms with E-state index in [1.807, 2.05) is 0 Å². The Morgan fingerprint density at radius 1 is 1.64 bits per heavy atom. The van der Waals surface area contributed by atoms with Crippen molar-refractivity contribution in [2.75, 3.05) is 12.0 Å². The van der Waals surface area contributed by atoms with Gasteiger partial charge in [0.2, 0.25) is 0 Å². The van der Waals surface area contributed by atoms with Crippen LogP contribution < -0.4 is 0 Å². The first kappa shape index (κ1) is 10.6. The summed E-state index contributed by atoms with van der Waals surface area (Å²) >= 11 is 0. The summed E-state index contributed by atoms with van der Waals surface area (Å²) in [6, 6.07) is 0. The Kier molecular flexibility index (Phi) is 2.84. The predicted octanol–water partition coefficient (Wildman–Crippen LogP) is -0.164. The number of hydrogen-bond donors (Lipinski definition) is 0. The Morgan fingerprint density at radius 3 is 2.71 bits per heavy atom. The summed E-state index contributed by atoms with van der Waals surface area (Å²) in [5.41, 5.74) is -0.140. The highest BCUT2D eigenvalue weighted by Gasteiger charge is 2.09. The van der Waals surface area contributed by atoms with Gasteiger partial charge in [0.05, 0.1) is 17.2 Å². The van der Waals surface area contributed by atoms with Crippen LogP contribution in [0.2, 0.25) is 0 Å². The molecule has 7 nitrogen and oxygen atoms in total. The van der Waals surface area contributed by atoms with E-state index in [1.54, 1.807) is 0 Å². The Balaban J connectivity index is 2.65. The molecule has 0 saturated carbocycles. The quantitative estimate of drug-likeness (QED) is 0.517. The molecule has 1 aromatic heterocycles. The largest absolute Gasteiger partial charge is 0.306 e. The highest BCUT2D eigenvalue weighted by atomic mass is 32.2. The average molecular weight is 219 g/mol. The molecule has 14 heavy (non-hydrogen) atoms. The number of hydrogen-bond acceptors (Lipinski definition) is 5. The van der Waals surface area contributed by atoms with Crippen molar-refractivity contribution in [2.45, 2.75) is 6.54 Å². The van der Waals surface area contributed by atoms with E-state index >= 15 is 0 Å². The molecule has 0 saturated heterocycles. The van der Waals surface area contributed by atoms with E-state index in [1.165, 1.54) is 10.9 Å². The molecule has 0 unspecified atom stereocenters. The van der Waals surface area contributed by atoms with E-state index in [0.717, 1.165) is 12.5 Å². The fraction of sp³-hybridized carbons (Fsp3) is 0.500. The molecule has 0 aliphatic rings. The third-order valence-electron chi connectivity index (χ3n) is 1.52. The normalized spacial score (nSPS) is 11.5. The SMILES string of the molecule is CS(=O)(=O)CCn1cc([N+](=O)[O-])cn1. The summed E-state index contributed by atoms with van der Waals surface area (Å²) in [5.74, 6) is -0.0775. The lowest BCUT2D eigenvalue weighted by Crippen LogP contribution is -2.11. The lowest BCUT2D eigenvalue weighted by molar-refractivity contribution is -0.385. The second-order valence-electron chi connectivity index (χ2n) is 2.85. The number of nitro groups is 1. The van der Waals surface area contributed by atoms with Crippen molar-refractivity contribution in [1.29, 1.82) is 0 Å². The van der Waals surface area contributed by atoms with Gasteiger partial charge in [0.1, 0.15) is 22.2 Å². The van der Waals surface area contributed by atoms with Crippen LogP contribution in [-0.2, 0) is 16.4 Å². The van der Waals surface area contributed by atoms with Gasteiger partial charge in [-0.3, -0.25) is 14.8 Å². The maximum atomic E-state index is 10.8. The Morgan fingerprint density at radius 2 is 2.29 bits per heavy atom. The van der Waals surface area contributed by atoms with Crippen molar-refractivity contribution in [3.05, 3.63) is 22.5 Å². The molecule has 0 aromatic carbocycles. The first-order valence-corrected chi connectivity index (χ1v) is 5.79. The van der Waals surface area contributed by atoms with E-state index in [2.05, 4.69) is 5.10 Å². The van der Waals surface area contributed by atoms with Crippen molar-refractivity contribution in [3.63, 3.8) is 0 Å². The molecule has 8 heteroatoms. The molecule has 1 rings (SSSR count). The maximum Gasteiger partial charge on any atom is 0.306 e. The van der Waals surface area contributed by atoms with Crippen LogP contribution in [0, 0.1) is 10.1 Å². The summed E-state index contributed by atoms with van der Waals surface area (Å²) in [4.78, 5) is 9.67. The molecule has 0 radical (unpaired) electrons. The molecule has 1 aromatic rings. The van der Waals surface area contributed by atoms with Gasteiger partial charge < -0.3 is 0 Å². The molecule has 0 fully saturated rings. The molecule has 0 amide bonds. The minimum absolute atomic E-state index is 0.0775. The topological polar surface area (TPSA) is 95.1 Å². The summed E-state index contributed by atoms with van der Waals surface area (Å²) in [5, 5.41) is 13.9. The smallest absolute Gasteiger partial charge is 0.265 e. The Hall–Kier alpha value is -1.44. The number of sulfone groups is 1. The van der Waals surface area contributed by atoms with E-state index in [-0.39, 0.29) is 18.0 Å². The van der Waals surface area contributed by atoms with Gasteiger partial charge in [0, 0.05) is 6.26 Å². The van der Waals surface area contributed by atoms with Crippen LogP contribution in [0.1, 0.15) is 0 Å². The van der Waals surface area contributed by atoms with Crippen LogP contribution in [0.15, 0.2) is 12.4 Å². The second-order valence-corrected chi connectivity index (χ2v) is 5.11. The van der Waals surface area contributed by atoms with Crippen molar-refractivity contribution in [1.82, 2.24) is 9.78 Å². The summed E-state index contributed by atoms with van der Waals surface area (Å²) in [6.45, 7) is 0.132. The zero-order valence-corrected chi connectivity index (χ0v) is 8.27. The van der Waals surface area contributed by atoms with Crippen molar-refractivity contribution in [2.24, 2.45) is 0 Å². The Bertz CT molecular complexity index is 436. The lowest BCUT2D eigenvalue weighted by atomic mass is 10.6. The summed E-state index contributed by atoms with van der Waals surface area (Å²) in [7, 11) is -3.06. The monoisotopic (exact) mass is 219 g/mol. The van der Waals surface area contributed by atoms with Crippen LogP contribution >= 0.6 is 0 Å². The van der Waals surface area contributed by atoms with E-state index in [9.17, 15) is 18.5 Å². The molecule has 0 aliphatic heterocycles. The van der Waals surface area contributed by atoms with Gasteiger partial charge in [0.25, 0.3) is 0 Å². The molecular weight excluding hydrogens is 210 g/mol. The predicted molar refractivity (Wildman–Crippen MR) is 48.6 cm³/mol. The van der Waals surface area contributed by atoms with Gasteiger partial charge in [-0.25, -0.2) is 8.42 Å². The third kappa shape index (κ3) is 3.13. The van der Waals surface area contributed by atoms with E-state index in [0.29, 0.717) is 0 Å². The molecule has 0 atom stereocenters. The third-order valence-corrected chi connectivity index (χ3v) is 2.45. The molecule has 0 bridgehead atoms. The van der Waals surface area contributed by atoms with Crippen LogP contribution in [0.4, 0.5) is 5.69 Å². The highest BCUT2D eigenvalue weighted by Crippen LogP contribution is 2.07. The van der Waals surface area contributed by atoms with Gasteiger partial charge in [-0.05, 0) is 0 Å². The van der Waals surface area contributed by atoms with E-state index < -0.39 is 14.8 Å². The molecule has 1 heterocycles. The number of rotatable bonds is 4. The van der Waals surface area contributed by atoms with Crippen LogP contribution in [0.25, 0.3) is 0 Å². The maximum absolute atomic E-state index is 10.8. The van der Waals surface area contributed by atoms with E-state index in [4.69, 9.17) is 0 Å². The van der Waals surface area contributed by atoms with Crippen LogP contribution in [0.5, 0.6) is 0 Å². The van der Waals surface area contributed by atoms with Gasteiger partial charge in [0.15, 0.2) is 0 Å². The Labute approximate surface area is 80.4 Å². The molecule has 78 valence electrons. The van der Waals surface area contributed by atoms with Crippen molar-refractivity contribution >= 4 is 15.5 Å². The second kappa shape index (κ2) is 3.74. The van der Waals surface area contributed by atoms with Crippen molar-refractivity contribution < 1.29 is 13.3 Å². The van der Waals surface area contributed by atoms with Crippen LogP contribution in [-0.4, -0.2) is 35.1 Å². The highest BCUT2D eigenvalue weighted by molar-refractivity contribution is 7.90. The summed E-state index contributed by atoms with van der Waals surface area (Å²) in [6.07, 6.45) is 3.39. The van der Waals surface area contributed by atoms with Gasteiger partial charge in [-0.1, -0.05) is 0 Å². The number of aryl methyl sites for hydroxylation is 1. The minimum Gasteiger partial charge on any atom is -0.265 e. The first-order chi connectivity index (χ1) is 6.38. The molecule has 0 N–H and O–H groups in total. The minimum atomic E-state index is -3.06. The summed E-state index contributed by atoms with van der Waals surface area (Å²) < 4.78 is 22.8. The zero-order chi connectivity index (χ0) is 10.8. The lowest BCUT2D eigenvalue weighted by Gasteiger charge is -1.97. The van der Waals surface area contributed by atoms with Gasteiger partial charge in [-0.15, -0.1) is 0 Å². The van der Waals surface area contributed by atoms with Gasteiger partial charge >= 0.3 is 5.69 Å². The van der Waals surface area contributed by atoms with Gasteiger partial charge in [-0.2, -0.15) is 5.10 Å². The molecule has 0 aliphatic carbocycles. The average Bonchev–Trinajstić information content (AvgIpc) is 2.47. The molecular formula is C6H9N3O4S. The number of aromatic nitrogens is 2. The molecule has 0 spiro atoms. The fourth-order valence-corrected chi connectivity index (χ4v) is 1.35. The standard InChI is InChI=1S/C6H9N3O4S/c1-14(12,13)3-2-8-5-6(4-7-8)9(10)11/h4-5H,2-3H2,1H3.